The molecule has 0 saturated heterocycles. The Labute approximate surface area is 46.9 Å². The Bertz CT molecular complexity index is 115. The molecule has 0 unspecified atom stereocenters. The van der Waals surface area contributed by atoms with Crippen LogP contribution < -0.4 is 0 Å². The first-order valence-corrected chi connectivity index (χ1v) is 2.57. The number of rotatable bonds is 2. The molecule has 0 radical (unpaired) electrons. The maximum Gasteiger partial charge on any atom is 0.306 e. The Balaban J connectivity index is 2.29. The zero-order valence-corrected chi connectivity index (χ0v) is 4.42. The first kappa shape index (κ1) is 5.56. The van der Waals surface area contributed by atoms with E-state index in [9.17, 15) is 4.79 Å². The fourth-order valence-corrected chi connectivity index (χ4v) is 0.603. The average molecular weight is 116 g/mol. The summed E-state index contributed by atoms with van der Waals surface area (Å²) in [4.78, 5) is 9.89. The Morgan fingerprint density at radius 2 is 2.12 bits per heavy atom. The molecule has 0 atom stereocenters. The van der Waals surface area contributed by atoms with Crippen LogP contribution in [0, 0.1) is 0 Å². The molecular weight excluding hydrogens is 108 g/mol. The minimum absolute atomic E-state index is 0.0903. The van der Waals surface area contributed by atoms with Gasteiger partial charge >= 0.3 is 5.97 Å². The van der Waals surface area contributed by atoms with Crippen molar-refractivity contribution in [3.05, 3.63) is 0 Å². The molecule has 0 aromatic rings. The predicted octanol–water partition coefficient (Wildman–Crippen LogP) is -0.0140. The van der Waals surface area contributed by atoms with Crippen LogP contribution in [0.5, 0.6) is 0 Å². The molecule has 3 nitrogen and oxygen atoms in total. The molecule has 8 heavy (non-hydrogen) atoms. The van der Waals surface area contributed by atoms with E-state index < -0.39 is 11.6 Å². The quantitative estimate of drug-likeness (QED) is 0.533. The van der Waals surface area contributed by atoms with E-state index >= 15 is 0 Å². The van der Waals surface area contributed by atoms with Gasteiger partial charge in [0.2, 0.25) is 0 Å². The van der Waals surface area contributed by atoms with Crippen LogP contribution in [0.1, 0.15) is 19.3 Å². The van der Waals surface area contributed by atoms with Crippen LogP contribution in [0.15, 0.2) is 0 Å². The average Bonchev–Trinajstić information content (AvgIpc) is 2.17. The van der Waals surface area contributed by atoms with Gasteiger partial charge in [-0.2, -0.15) is 0 Å². The van der Waals surface area contributed by atoms with Gasteiger partial charge in [-0.25, -0.2) is 0 Å². The van der Waals surface area contributed by atoms with Gasteiger partial charge in [0.05, 0.1) is 12.0 Å². The third-order valence-corrected chi connectivity index (χ3v) is 1.31. The van der Waals surface area contributed by atoms with E-state index in [2.05, 4.69) is 0 Å². The molecule has 0 bridgehead atoms. The molecule has 2 N–H and O–H groups in total. The third-order valence-electron chi connectivity index (χ3n) is 1.31. The summed E-state index contributed by atoms with van der Waals surface area (Å²) in [7, 11) is 0. The minimum atomic E-state index is -0.912. The van der Waals surface area contributed by atoms with Crippen molar-refractivity contribution in [2.24, 2.45) is 0 Å². The first-order chi connectivity index (χ1) is 3.62. The van der Waals surface area contributed by atoms with Crippen LogP contribution in [-0.4, -0.2) is 21.8 Å². The van der Waals surface area contributed by atoms with Gasteiger partial charge < -0.3 is 10.2 Å². The Morgan fingerprint density at radius 1 is 1.62 bits per heavy atom. The lowest BCUT2D eigenvalue weighted by Gasteiger charge is -1.98. The summed E-state index contributed by atoms with van der Waals surface area (Å²) < 4.78 is 0. The second kappa shape index (κ2) is 1.45. The van der Waals surface area contributed by atoms with Gasteiger partial charge in [-0.1, -0.05) is 0 Å². The lowest BCUT2D eigenvalue weighted by molar-refractivity contribution is -0.139. The van der Waals surface area contributed by atoms with Crippen molar-refractivity contribution in [2.45, 2.75) is 24.9 Å². The van der Waals surface area contributed by atoms with Gasteiger partial charge in [-0.05, 0) is 12.8 Å². The number of aliphatic carboxylic acids is 1. The summed E-state index contributed by atoms with van der Waals surface area (Å²) in [5.41, 5.74) is -0.828. The summed E-state index contributed by atoms with van der Waals surface area (Å²) in [5, 5.41) is 17.0. The zero-order valence-electron chi connectivity index (χ0n) is 4.42. The second-order valence-electron chi connectivity index (χ2n) is 2.29. The number of hydrogen-bond donors (Lipinski definition) is 2. The van der Waals surface area contributed by atoms with Crippen molar-refractivity contribution in [3.63, 3.8) is 0 Å². The van der Waals surface area contributed by atoms with E-state index in [4.69, 9.17) is 10.2 Å². The molecule has 1 aliphatic carbocycles. The van der Waals surface area contributed by atoms with Crippen LogP contribution in [-0.2, 0) is 4.79 Å². The summed E-state index contributed by atoms with van der Waals surface area (Å²) >= 11 is 0. The van der Waals surface area contributed by atoms with Crippen molar-refractivity contribution >= 4 is 5.97 Å². The standard InChI is InChI=1S/C5H8O3/c6-4(7)3-5(8)1-2-5/h8H,1-3H2,(H,6,7). The van der Waals surface area contributed by atoms with Crippen LogP contribution in [0.25, 0.3) is 0 Å². The minimum Gasteiger partial charge on any atom is -0.481 e. The SMILES string of the molecule is O=C(O)CC1(O)CC1. The highest BCUT2D eigenvalue weighted by molar-refractivity contribution is 5.68. The molecule has 1 aliphatic rings. The summed E-state index contributed by atoms with van der Waals surface area (Å²) in [5.74, 6) is -0.912. The fraction of sp³-hybridized carbons (Fsp3) is 0.800. The van der Waals surface area contributed by atoms with E-state index in [0.717, 1.165) is 0 Å². The fourth-order valence-electron chi connectivity index (χ4n) is 0.603. The Hall–Kier alpha value is -0.570. The second-order valence-corrected chi connectivity index (χ2v) is 2.29. The maximum atomic E-state index is 9.89. The highest BCUT2D eigenvalue weighted by Crippen LogP contribution is 2.37. The highest BCUT2D eigenvalue weighted by Gasteiger charge is 2.42. The van der Waals surface area contributed by atoms with Crippen molar-refractivity contribution in [1.29, 1.82) is 0 Å². The smallest absolute Gasteiger partial charge is 0.306 e. The van der Waals surface area contributed by atoms with Crippen LogP contribution >= 0.6 is 0 Å². The third kappa shape index (κ3) is 1.20. The number of carboxylic acids is 1. The Kier molecular flexibility index (Phi) is 1.01. The molecular formula is C5H8O3. The van der Waals surface area contributed by atoms with E-state index in [1.54, 1.807) is 0 Å². The molecule has 0 amide bonds. The summed E-state index contributed by atoms with van der Waals surface area (Å²) in [6, 6.07) is 0. The monoisotopic (exact) mass is 116 g/mol. The largest absolute Gasteiger partial charge is 0.481 e. The number of hydrogen-bond acceptors (Lipinski definition) is 2. The maximum absolute atomic E-state index is 9.89. The molecule has 1 saturated carbocycles. The predicted molar refractivity (Wildman–Crippen MR) is 26.4 cm³/mol. The summed E-state index contributed by atoms with van der Waals surface area (Å²) in [6.07, 6.45) is 1.21. The van der Waals surface area contributed by atoms with Gasteiger partial charge in [0.1, 0.15) is 0 Å². The summed E-state index contributed by atoms with van der Waals surface area (Å²) in [6.45, 7) is 0. The van der Waals surface area contributed by atoms with Crippen molar-refractivity contribution < 1.29 is 15.0 Å². The zero-order chi connectivity index (χ0) is 6.20. The van der Waals surface area contributed by atoms with Gasteiger partial charge in [0.15, 0.2) is 0 Å². The molecule has 0 aliphatic heterocycles. The van der Waals surface area contributed by atoms with Crippen molar-refractivity contribution in [2.75, 3.05) is 0 Å². The molecule has 0 aromatic carbocycles. The van der Waals surface area contributed by atoms with Gasteiger partial charge in [0.25, 0.3) is 0 Å². The van der Waals surface area contributed by atoms with E-state index in [1.165, 1.54) is 0 Å². The van der Waals surface area contributed by atoms with Crippen molar-refractivity contribution in [3.8, 4) is 0 Å². The lowest BCUT2D eigenvalue weighted by atomic mass is 10.2. The highest BCUT2D eigenvalue weighted by atomic mass is 16.4. The van der Waals surface area contributed by atoms with Gasteiger partial charge in [-0.15, -0.1) is 0 Å². The molecule has 0 heterocycles. The number of carbonyl (C=O) groups is 1. The van der Waals surface area contributed by atoms with E-state index in [-0.39, 0.29) is 6.42 Å². The normalized spacial score (nSPS) is 22.6. The molecule has 1 rings (SSSR count). The van der Waals surface area contributed by atoms with Crippen LogP contribution in [0.2, 0.25) is 0 Å². The van der Waals surface area contributed by atoms with Crippen LogP contribution in [0.3, 0.4) is 0 Å². The number of carboxylic acid groups (broad SMARTS) is 1. The van der Waals surface area contributed by atoms with E-state index in [1.807, 2.05) is 0 Å². The topological polar surface area (TPSA) is 57.5 Å². The Morgan fingerprint density at radius 3 is 2.25 bits per heavy atom. The van der Waals surface area contributed by atoms with Crippen LogP contribution in [0.4, 0.5) is 0 Å². The van der Waals surface area contributed by atoms with Gasteiger partial charge in [-0.3, -0.25) is 4.79 Å². The van der Waals surface area contributed by atoms with Crippen molar-refractivity contribution in [1.82, 2.24) is 0 Å². The lowest BCUT2D eigenvalue weighted by Crippen LogP contribution is -2.12. The number of aliphatic hydroxyl groups is 1. The van der Waals surface area contributed by atoms with E-state index in [0.29, 0.717) is 12.8 Å². The first-order valence-electron chi connectivity index (χ1n) is 2.57. The molecule has 1 fully saturated rings. The van der Waals surface area contributed by atoms with Gasteiger partial charge in [0, 0.05) is 0 Å². The molecule has 46 valence electrons. The molecule has 0 spiro atoms. The molecule has 0 aromatic heterocycles. The molecule has 3 heteroatoms.